The van der Waals surface area contributed by atoms with Crippen LogP contribution in [0.1, 0.15) is 62.6 Å². The number of nitrogens with zero attached hydrogens (tertiary/aromatic N) is 4. The Hall–Kier alpha value is -2.16. The number of imidazole rings is 1. The molecule has 3 heterocycles. The summed E-state index contributed by atoms with van der Waals surface area (Å²) in [4.78, 5) is 17.9. The van der Waals surface area contributed by atoms with Crippen molar-refractivity contribution in [2.45, 2.75) is 57.7 Å². The van der Waals surface area contributed by atoms with E-state index in [1.807, 2.05) is 6.07 Å². The fourth-order valence-electron chi connectivity index (χ4n) is 3.27. The summed E-state index contributed by atoms with van der Waals surface area (Å²) in [5.74, 6) is 1.97. The van der Waals surface area contributed by atoms with Crippen molar-refractivity contribution in [2.75, 3.05) is 25.1 Å². The summed E-state index contributed by atoms with van der Waals surface area (Å²) in [5, 5.41) is 0. The SMILES string of the molecule is COCc1cc(N2CCC(c3ncc(C(F)(F)F)[nH]3)CC2)nc(C(C)(C)C)n1. The summed E-state index contributed by atoms with van der Waals surface area (Å²) in [6.45, 7) is 7.97. The minimum absolute atomic E-state index is 0.0188. The molecule has 28 heavy (non-hydrogen) atoms. The van der Waals surface area contributed by atoms with E-state index < -0.39 is 11.9 Å². The zero-order valence-electron chi connectivity index (χ0n) is 16.6. The van der Waals surface area contributed by atoms with Crippen LogP contribution in [0.4, 0.5) is 19.0 Å². The number of aromatic amines is 1. The number of alkyl halides is 3. The molecule has 0 bridgehead atoms. The Bertz CT molecular complexity index is 805. The van der Waals surface area contributed by atoms with Crippen molar-refractivity contribution < 1.29 is 17.9 Å². The topological polar surface area (TPSA) is 66.9 Å². The fourth-order valence-corrected chi connectivity index (χ4v) is 3.27. The van der Waals surface area contributed by atoms with Crippen molar-refractivity contribution in [3.05, 3.63) is 35.3 Å². The molecule has 2 aromatic heterocycles. The number of anilines is 1. The Balaban J connectivity index is 1.74. The van der Waals surface area contributed by atoms with Crippen molar-refractivity contribution in [3.63, 3.8) is 0 Å². The molecule has 9 heteroatoms. The summed E-state index contributed by atoms with van der Waals surface area (Å²) in [6, 6.07) is 1.92. The van der Waals surface area contributed by atoms with Gasteiger partial charge in [-0.05, 0) is 12.8 Å². The second-order valence-electron chi connectivity index (χ2n) is 8.17. The highest BCUT2D eigenvalue weighted by atomic mass is 19.4. The third-order valence-corrected chi connectivity index (χ3v) is 4.84. The van der Waals surface area contributed by atoms with Gasteiger partial charge in [-0.25, -0.2) is 15.0 Å². The van der Waals surface area contributed by atoms with Crippen LogP contribution in [0.25, 0.3) is 0 Å². The molecule has 154 valence electrons. The molecule has 1 saturated heterocycles. The zero-order valence-corrected chi connectivity index (χ0v) is 16.6. The van der Waals surface area contributed by atoms with Gasteiger partial charge in [-0.15, -0.1) is 0 Å². The summed E-state index contributed by atoms with van der Waals surface area (Å²) in [6.07, 6.45) is -2.11. The Kier molecular flexibility index (Phi) is 5.65. The number of aromatic nitrogens is 4. The molecule has 1 aliphatic heterocycles. The standard InChI is InChI=1S/C19H26F3N5O/c1-18(2,3)17-24-13(11-28-4)9-15(26-17)27-7-5-12(6-8-27)16-23-10-14(25-16)19(20,21)22/h9-10,12H,5-8,11H2,1-4H3,(H,23,25). The molecule has 2 aromatic rings. The first kappa shape index (κ1) is 20.6. The molecular formula is C19H26F3N5O. The van der Waals surface area contributed by atoms with Gasteiger partial charge in [0, 0.05) is 37.6 Å². The molecule has 0 aromatic carbocycles. The van der Waals surface area contributed by atoms with Gasteiger partial charge in [-0.2, -0.15) is 13.2 Å². The average molecular weight is 397 g/mol. The van der Waals surface area contributed by atoms with E-state index in [1.54, 1.807) is 7.11 Å². The second kappa shape index (κ2) is 7.69. The number of ether oxygens (including phenoxy) is 1. The second-order valence-corrected chi connectivity index (χ2v) is 8.17. The summed E-state index contributed by atoms with van der Waals surface area (Å²) in [7, 11) is 1.63. The quantitative estimate of drug-likeness (QED) is 0.843. The minimum Gasteiger partial charge on any atom is -0.378 e. The number of hydrogen-bond donors (Lipinski definition) is 1. The average Bonchev–Trinajstić information content (AvgIpc) is 3.12. The first-order valence-corrected chi connectivity index (χ1v) is 9.32. The van der Waals surface area contributed by atoms with E-state index in [4.69, 9.17) is 9.72 Å². The Morgan fingerprint density at radius 1 is 1.18 bits per heavy atom. The van der Waals surface area contributed by atoms with E-state index in [9.17, 15) is 13.2 Å². The van der Waals surface area contributed by atoms with Crippen molar-refractivity contribution in [2.24, 2.45) is 0 Å². The van der Waals surface area contributed by atoms with E-state index >= 15 is 0 Å². The van der Waals surface area contributed by atoms with Crippen LogP contribution in [0.2, 0.25) is 0 Å². The highest BCUT2D eigenvalue weighted by Gasteiger charge is 2.34. The van der Waals surface area contributed by atoms with Gasteiger partial charge in [-0.1, -0.05) is 20.8 Å². The maximum absolute atomic E-state index is 12.8. The lowest BCUT2D eigenvalue weighted by Gasteiger charge is -2.33. The molecule has 1 fully saturated rings. The van der Waals surface area contributed by atoms with E-state index in [-0.39, 0.29) is 11.3 Å². The Morgan fingerprint density at radius 3 is 2.39 bits per heavy atom. The highest BCUT2D eigenvalue weighted by molar-refractivity contribution is 5.41. The van der Waals surface area contributed by atoms with Crippen LogP contribution >= 0.6 is 0 Å². The summed E-state index contributed by atoms with van der Waals surface area (Å²) < 4.78 is 43.6. The highest BCUT2D eigenvalue weighted by Crippen LogP contribution is 2.33. The van der Waals surface area contributed by atoms with Gasteiger partial charge in [0.1, 0.15) is 23.2 Å². The molecular weight excluding hydrogens is 371 g/mol. The predicted octanol–water partition coefficient (Wildman–Crippen LogP) is 4.05. The number of H-pyrrole nitrogens is 1. The molecule has 0 spiro atoms. The monoisotopic (exact) mass is 397 g/mol. The largest absolute Gasteiger partial charge is 0.432 e. The molecule has 1 aliphatic rings. The lowest BCUT2D eigenvalue weighted by molar-refractivity contribution is -0.141. The number of rotatable bonds is 4. The fraction of sp³-hybridized carbons (Fsp3) is 0.632. The smallest absolute Gasteiger partial charge is 0.378 e. The van der Waals surface area contributed by atoms with E-state index in [0.717, 1.165) is 23.5 Å². The van der Waals surface area contributed by atoms with Crippen LogP contribution in [0.5, 0.6) is 0 Å². The molecule has 0 amide bonds. The molecule has 6 nitrogen and oxygen atoms in total. The van der Waals surface area contributed by atoms with Crippen molar-refractivity contribution in [1.82, 2.24) is 19.9 Å². The number of halogens is 3. The lowest BCUT2D eigenvalue weighted by atomic mass is 9.95. The van der Waals surface area contributed by atoms with Crippen LogP contribution in [0.15, 0.2) is 12.3 Å². The molecule has 1 N–H and O–H groups in total. The minimum atomic E-state index is -4.39. The van der Waals surface area contributed by atoms with Gasteiger partial charge in [0.05, 0.1) is 18.5 Å². The van der Waals surface area contributed by atoms with Crippen LogP contribution in [-0.4, -0.2) is 40.1 Å². The molecule has 0 aliphatic carbocycles. The van der Waals surface area contributed by atoms with Gasteiger partial charge < -0.3 is 14.6 Å². The summed E-state index contributed by atoms with van der Waals surface area (Å²) >= 11 is 0. The predicted molar refractivity (Wildman–Crippen MR) is 99.2 cm³/mol. The Labute approximate surface area is 162 Å². The summed E-state index contributed by atoms with van der Waals surface area (Å²) in [5.41, 5.74) is -0.168. The number of hydrogen-bond acceptors (Lipinski definition) is 5. The first-order chi connectivity index (χ1) is 13.1. The lowest BCUT2D eigenvalue weighted by Crippen LogP contribution is -2.34. The number of piperidine rings is 1. The van der Waals surface area contributed by atoms with Crippen molar-refractivity contribution >= 4 is 5.82 Å². The third kappa shape index (κ3) is 4.63. The molecule has 0 atom stereocenters. The molecule has 0 unspecified atom stereocenters. The van der Waals surface area contributed by atoms with Crippen LogP contribution < -0.4 is 4.90 Å². The number of nitrogens with one attached hydrogen (secondary N) is 1. The van der Waals surface area contributed by atoms with Crippen LogP contribution in [-0.2, 0) is 22.9 Å². The first-order valence-electron chi connectivity index (χ1n) is 9.32. The maximum Gasteiger partial charge on any atom is 0.432 e. The maximum atomic E-state index is 12.8. The van der Waals surface area contributed by atoms with E-state index in [1.165, 1.54) is 0 Å². The van der Waals surface area contributed by atoms with E-state index in [2.05, 4.69) is 40.6 Å². The van der Waals surface area contributed by atoms with Crippen LogP contribution in [0.3, 0.4) is 0 Å². The molecule has 0 saturated carbocycles. The van der Waals surface area contributed by atoms with E-state index in [0.29, 0.717) is 38.4 Å². The van der Waals surface area contributed by atoms with Crippen molar-refractivity contribution in [1.29, 1.82) is 0 Å². The van der Waals surface area contributed by atoms with Gasteiger partial charge in [0.25, 0.3) is 0 Å². The zero-order chi connectivity index (χ0) is 20.5. The third-order valence-electron chi connectivity index (χ3n) is 4.84. The van der Waals surface area contributed by atoms with Crippen LogP contribution in [0, 0.1) is 0 Å². The Morgan fingerprint density at radius 2 is 1.86 bits per heavy atom. The number of methoxy groups -OCH3 is 1. The van der Waals surface area contributed by atoms with Gasteiger partial charge >= 0.3 is 6.18 Å². The van der Waals surface area contributed by atoms with Gasteiger partial charge in [0.15, 0.2) is 0 Å². The van der Waals surface area contributed by atoms with Crippen molar-refractivity contribution in [3.8, 4) is 0 Å². The molecule has 0 radical (unpaired) electrons. The van der Waals surface area contributed by atoms with Gasteiger partial charge in [-0.3, -0.25) is 0 Å². The van der Waals surface area contributed by atoms with Gasteiger partial charge in [0.2, 0.25) is 0 Å². The normalized spacial score (nSPS) is 16.6. The molecule has 3 rings (SSSR count).